The number of nitrogens with two attached hydrogens (primary N) is 1. The second-order valence-corrected chi connectivity index (χ2v) is 5.74. The summed E-state index contributed by atoms with van der Waals surface area (Å²) in [6.07, 6.45) is 4.67. The van der Waals surface area contributed by atoms with Crippen molar-refractivity contribution in [3.8, 4) is 0 Å². The Morgan fingerprint density at radius 3 is 2.79 bits per heavy atom. The van der Waals surface area contributed by atoms with E-state index in [1.54, 1.807) is 17.5 Å². The minimum absolute atomic E-state index is 0.701. The molecule has 2 aromatic heterocycles. The largest absolute Gasteiger partial charge is 0.344 e. The van der Waals surface area contributed by atoms with Gasteiger partial charge in [-0.15, -0.1) is 11.3 Å². The van der Waals surface area contributed by atoms with Crippen LogP contribution in [0.25, 0.3) is 0 Å². The van der Waals surface area contributed by atoms with Crippen LogP contribution >= 0.6 is 11.3 Å². The van der Waals surface area contributed by atoms with E-state index in [4.69, 9.17) is 5.73 Å². The summed E-state index contributed by atoms with van der Waals surface area (Å²) < 4.78 is 0. The minimum Gasteiger partial charge on any atom is -0.344 e. The lowest BCUT2D eigenvalue weighted by molar-refractivity contribution is 0.731. The van der Waals surface area contributed by atoms with Crippen LogP contribution in [0.4, 0.5) is 5.13 Å². The van der Waals surface area contributed by atoms with Gasteiger partial charge in [0.05, 0.1) is 5.69 Å². The zero-order chi connectivity index (χ0) is 13.7. The molecule has 2 rings (SSSR count). The Balaban J connectivity index is 2.15. The van der Waals surface area contributed by atoms with E-state index in [-0.39, 0.29) is 0 Å². The molecule has 0 amide bonds. The molecule has 0 fully saturated rings. The molecule has 0 bridgehead atoms. The molecule has 0 saturated heterocycles. The molecule has 2 aromatic rings. The highest BCUT2D eigenvalue weighted by Crippen LogP contribution is 2.26. The van der Waals surface area contributed by atoms with E-state index >= 15 is 0 Å². The topological polar surface area (TPSA) is 55.0 Å². The predicted octanol–water partition coefficient (Wildman–Crippen LogP) is 2.51. The number of nitrogens with zero attached hydrogens (tertiary/aromatic N) is 3. The van der Waals surface area contributed by atoms with Crippen molar-refractivity contribution in [3.05, 3.63) is 40.7 Å². The van der Waals surface area contributed by atoms with E-state index in [0.29, 0.717) is 6.54 Å². The summed E-state index contributed by atoms with van der Waals surface area (Å²) in [5.41, 5.74) is 7.94. The number of aromatic nitrogens is 2. The fourth-order valence-electron chi connectivity index (χ4n) is 1.83. The number of pyridine rings is 1. The van der Waals surface area contributed by atoms with Crippen molar-refractivity contribution < 1.29 is 0 Å². The smallest absolute Gasteiger partial charge is 0.186 e. The molecule has 102 valence electrons. The lowest BCUT2D eigenvalue weighted by Gasteiger charge is -2.21. The van der Waals surface area contributed by atoms with Crippen LogP contribution in [0, 0.1) is 13.8 Å². The van der Waals surface area contributed by atoms with Gasteiger partial charge < -0.3 is 10.6 Å². The molecule has 0 aliphatic rings. The standard InChI is InChI=1S/C14H20N4S/c1-11-12(2)19-14(17-11)18(8-4-6-15)10-13-5-3-7-16-9-13/h3,5,7,9H,4,6,8,10,15H2,1-2H3. The summed E-state index contributed by atoms with van der Waals surface area (Å²) in [6.45, 7) is 6.63. The maximum atomic E-state index is 5.63. The van der Waals surface area contributed by atoms with E-state index < -0.39 is 0 Å². The van der Waals surface area contributed by atoms with Crippen molar-refractivity contribution in [3.63, 3.8) is 0 Å². The average Bonchev–Trinajstić information content (AvgIpc) is 2.76. The Bertz CT molecular complexity index is 490. The van der Waals surface area contributed by atoms with Gasteiger partial charge in [-0.1, -0.05) is 6.07 Å². The summed E-state index contributed by atoms with van der Waals surface area (Å²) in [5.74, 6) is 0. The summed E-state index contributed by atoms with van der Waals surface area (Å²) in [7, 11) is 0. The lowest BCUT2D eigenvalue weighted by atomic mass is 10.2. The minimum atomic E-state index is 0.701. The highest BCUT2D eigenvalue weighted by molar-refractivity contribution is 7.15. The third-order valence-electron chi connectivity index (χ3n) is 3.02. The van der Waals surface area contributed by atoms with Crippen LogP contribution in [0.1, 0.15) is 22.6 Å². The first-order chi connectivity index (χ1) is 9.20. The Labute approximate surface area is 118 Å². The average molecular weight is 276 g/mol. The van der Waals surface area contributed by atoms with Crippen molar-refractivity contribution in [1.82, 2.24) is 9.97 Å². The molecule has 0 aliphatic heterocycles. The number of rotatable bonds is 6. The Morgan fingerprint density at radius 1 is 1.37 bits per heavy atom. The van der Waals surface area contributed by atoms with Crippen LogP contribution in [0.2, 0.25) is 0 Å². The zero-order valence-electron chi connectivity index (χ0n) is 11.5. The van der Waals surface area contributed by atoms with Gasteiger partial charge in [0.1, 0.15) is 0 Å². The van der Waals surface area contributed by atoms with Crippen molar-refractivity contribution in [2.24, 2.45) is 5.73 Å². The molecule has 0 saturated carbocycles. The first-order valence-corrected chi connectivity index (χ1v) is 7.30. The van der Waals surface area contributed by atoms with Crippen LogP contribution in [0.3, 0.4) is 0 Å². The maximum absolute atomic E-state index is 5.63. The summed E-state index contributed by atoms with van der Waals surface area (Å²) in [4.78, 5) is 12.4. The first kappa shape index (κ1) is 14.0. The molecular formula is C14H20N4S. The molecule has 0 unspecified atom stereocenters. The molecular weight excluding hydrogens is 256 g/mol. The van der Waals surface area contributed by atoms with E-state index in [1.807, 2.05) is 12.3 Å². The van der Waals surface area contributed by atoms with Crippen LogP contribution in [0.15, 0.2) is 24.5 Å². The molecule has 2 heterocycles. The van der Waals surface area contributed by atoms with Crippen LogP contribution in [-0.4, -0.2) is 23.1 Å². The van der Waals surface area contributed by atoms with Gasteiger partial charge in [-0.25, -0.2) is 4.98 Å². The van der Waals surface area contributed by atoms with Gasteiger partial charge in [0, 0.05) is 30.4 Å². The monoisotopic (exact) mass is 276 g/mol. The van der Waals surface area contributed by atoms with Gasteiger partial charge in [0.2, 0.25) is 0 Å². The van der Waals surface area contributed by atoms with Crippen molar-refractivity contribution in [2.75, 3.05) is 18.0 Å². The van der Waals surface area contributed by atoms with Gasteiger partial charge in [0.15, 0.2) is 5.13 Å². The molecule has 0 aromatic carbocycles. The van der Waals surface area contributed by atoms with Gasteiger partial charge in [-0.3, -0.25) is 4.98 Å². The van der Waals surface area contributed by atoms with Gasteiger partial charge in [-0.05, 0) is 38.4 Å². The normalized spacial score (nSPS) is 10.7. The number of thiazole rings is 1. The van der Waals surface area contributed by atoms with Crippen molar-refractivity contribution in [2.45, 2.75) is 26.8 Å². The van der Waals surface area contributed by atoms with Crippen LogP contribution in [-0.2, 0) is 6.54 Å². The summed E-state index contributed by atoms with van der Waals surface area (Å²) in [6, 6.07) is 4.06. The molecule has 0 aliphatic carbocycles. The lowest BCUT2D eigenvalue weighted by Crippen LogP contribution is -2.25. The molecule has 0 spiro atoms. The molecule has 19 heavy (non-hydrogen) atoms. The fourth-order valence-corrected chi connectivity index (χ4v) is 2.76. The van der Waals surface area contributed by atoms with Gasteiger partial charge >= 0.3 is 0 Å². The molecule has 0 atom stereocenters. The highest BCUT2D eigenvalue weighted by atomic mass is 32.1. The third-order valence-corrected chi connectivity index (χ3v) is 4.15. The first-order valence-electron chi connectivity index (χ1n) is 6.48. The Hall–Kier alpha value is -1.46. The number of anilines is 1. The Kier molecular flexibility index (Phi) is 4.87. The van der Waals surface area contributed by atoms with E-state index in [0.717, 1.165) is 30.3 Å². The third kappa shape index (κ3) is 3.75. The quantitative estimate of drug-likeness (QED) is 0.881. The highest BCUT2D eigenvalue weighted by Gasteiger charge is 2.12. The number of hydrogen-bond acceptors (Lipinski definition) is 5. The second kappa shape index (κ2) is 6.63. The van der Waals surface area contributed by atoms with Crippen molar-refractivity contribution >= 4 is 16.5 Å². The van der Waals surface area contributed by atoms with E-state index in [9.17, 15) is 0 Å². The summed E-state index contributed by atoms with van der Waals surface area (Å²) >= 11 is 1.75. The van der Waals surface area contributed by atoms with Crippen LogP contribution < -0.4 is 10.6 Å². The van der Waals surface area contributed by atoms with Gasteiger partial charge in [0.25, 0.3) is 0 Å². The van der Waals surface area contributed by atoms with E-state index in [2.05, 4.69) is 34.8 Å². The summed E-state index contributed by atoms with van der Waals surface area (Å²) in [5, 5.41) is 1.08. The van der Waals surface area contributed by atoms with Crippen LogP contribution in [0.5, 0.6) is 0 Å². The number of aryl methyl sites for hydroxylation is 2. The van der Waals surface area contributed by atoms with Gasteiger partial charge in [-0.2, -0.15) is 0 Å². The SMILES string of the molecule is Cc1nc(N(CCCN)Cc2cccnc2)sc1C. The maximum Gasteiger partial charge on any atom is 0.186 e. The number of hydrogen-bond donors (Lipinski definition) is 1. The molecule has 5 heteroatoms. The van der Waals surface area contributed by atoms with Crippen molar-refractivity contribution in [1.29, 1.82) is 0 Å². The van der Waals surface area contributed by atoms with E-state index in [1.165, 1.54) is 10.4 Å². The fraction of sp³-hybridized carbons (Fsp3) is 0.429. The molecule has 2 N–H and O–H groups in total. The zero-order valence-corrected chi connectivity index (χ0v) is 12.3. The molecule has 4 nitrogen and oxygen atoms in total. The second-order valence-electron chi connectivity index (χ2n) is 4.56. The predicted molar refractivity (Wildman–Crippen MR) is 80.5 cm³/mol. The molecule has 0 radical (unpaired) electrons. The Morgan fingerprint density at radius 2 is 2.21 bits per heavy atom.